The number of aryl methyl sites for hydroxylation is 1. The van der Waals surface area contributed by atoms with Gasteiger partial charge in [-0.3, -0.25) is 0 Å². The number of nitrogens with one attached hydrogen (secondary N) is 1. The first-order valence-electron chi connectivity index (χ1n) is 8.91. The quantitative estimate of drug-likeness (QED) is 0.533. The van der Waals surface area contributed by atoms with Crippen LogP contribution in [0.15, 0.2) is 54.6 Å². The Balaban J connectivity index is 1.60. The first kappa shape index (κ1) is 18.0. The van der Waals surface area contributed by atoms with Crippen LogP contribution < -0.4 is 5.32 Å². The van der Waals surface area contributed by atoms with E-state index < -0.39 is 17.6 Å². The van der Waals surface area contributed by atoms with Gasteiger partial charge in [0.1, 0.15) is 5.82 Å². The zero-order chi connectivity index (χ0) is 19.2. The van der Waals surface area contributed by atoms with Crippen LogP contribution in [0.4, 0.5) is 17.6 Å². The maximum atomic E-state index is 14.2. The first-order chi connectivity index (χ1) is 12.8. The molecule has 0 amide bonds. The van der Waals surface area contributed by atoms with E-state index in [9.17, 15) is 17.6 Å². The van der Waals surface area contributed by atoms with Crippen LogP contribution >= 0.6 is 0 Å². The van der Waals surface area contributed by atoms with Gasteiger partial charge in [-0.1, -0.05) is 35.9 Å². The molecule has 0 unspecified atom stereocenters. The zero-order valence-electron chi connectivity index (χ0n) is 14.8. The number of hydrogen-bond donors (Lipinski definition) is 1. The van der Waals surface area contributed by atoms with E-state index in [4.69, 9.17) is 0 Å². The van der Waals surface area contributed by atoms with Crippen LogP contribution in [0.2, 0.25) is 0 Å². The highest BCUT2D eigenvalue weighted by Gasteiger charge is 2.34. The highest BCUT2D eigenvalue weighted by atomic mass is 19.4. The van der Waals surface area contributed by atoms with Crippen LogP contribution in [0.1, 0.15) is 40.6 Å². The third kappa shape index (κ3) is 3.56. The second-order valence-corrected chi connectivity index (χ2v) is 7.24. The molecule has 0 spiro atoms. The maximum absolute atomic E-state index is 14.2. The predicted octanol–water partition coefficient (Wildman–Crippen LogP) is 6.12. The molecule has 0 saturated carbocycles. The molecule has 3 aromatic rings. The Morgan fingerprint density at radius 3 is 2.44 bits per heavy atom. The van der Waals surface area contributed by atoms with E-state index in [1.807, 2.05) is 13.0 Å². The van der Waals surface area contributed by atoms with Gasteiger partial charge in [0.05, 0.1) is 5.56 Å². The highest BCUT2D eigenvalue weighted by Crippen LogP contribution is 2.38. The summed E-state index contributed by atoms with van der Waals surface area (Å²) in [4.78, 5) is 0. The van der Waals surface area contributed by atoms with Crippen LogP contribution in [0.5, 0.6) is 0 Å². The molecule has 27 heavy (non-hydrogen) atoms. The second kappa shape index (κ2) is 6.64. The van der Waals surface area contributed by atoms with Gasteiger partial charge < -0.3 is 5.32 Å². The van der Waals surface area contributed by atoms with Crippen molar-refractivity contribution in [3.05, 3.63) is 82.7 Å². The summed E-state index contributed by atoms with van der Waals surface area (Å²) >= 11 is 0. The maximum Gasteiger partial charge on any atom is 0.416 e. The molecule has 1 heterocycles. The Morgan fingerprint density at radius 2 is 1.67 bits per heavy atom. The summed E-state index contributed by atoms with van der Waals surface area (Å²) in [6.07, 6.45) is -3.90. The van der Waals surface area contributed by atoms with E-state index in [-0.39, 0.29) is 17.5 Å². The fourth-order valence-corrected chi connectivity index (χ4v) is 3.86. The summed E-state index contributed by atoms with van der Waals surface area (Å²) in [5, 5.41) is 5.60. The Morgan fingerprint density at radius 1 is 0.926 bits per heavy atom. The largest absolute Gasteiger partial charge is 0.416 e. The SMILES string of the molecule is Cc1ccc2cc([C@H]3C[C@@H](c4cc(C(F)(F)F)ccc4F)CN3)ccc2c1. The van der Waals surface area contributed by atoms with Crippen molar-refractivity contribution in [2.24, 2.45) is 0 Å². The minimum atomic E-state index is -4.47. The van der Waals surface area contributed by atoms with Crippen molar-refractivity contribution in [3.8, 4) is 0 Å². The molecular formula is C22H19F4N. The normalized spacial score (nSPS) is 20.3. The van der Waals surface area contributed by atoms with Crippen molar-refractivity contribution in [2.75, 3.05) is 6.54 Å². The topological polar surface area (TPSA) is 12.0 Å². The van der Waals surface area contributed by atoms with Gasteiger partial charge in [-0.25, -0.2) is 4.39 Å². The van der Waals surface area contributed by atoms with E-state index in [0.717, 1.165) is 34.5 Å². The van der Waals surface area contributed by atoms with Crippen molar-refractivity contribution in [3.63, 3.8) is 0 Å². The predicted molar refractivity (Wildman–Crippen MR) is 98.2 cm³/mol. The van der Waals surface area contributed by atoms with Crippen LogP contribution in [0, 0.1) is 12.7 Å². The first-order valence-corrected chi connectivity index (χ1v) is 8.91. The number of alkyl halides is 3. The Labute approximate surface area is 155 Å². The average molecular weight is 373 g/mol. The molecule has 0 bridgehead atoms. The van der Waals surface area contributed by atoms with Crippen LogP contribution in [0.3, 0.4) is 0 Å². The summed E-state index contributed by atoms with van der Waals surface area (Å²) in [7, 11) is 0. The Kier molecular flexibility index (Phi) is 4.42. The monoisotopic (exact) mass is 373 g/mol. The minimum absolute atomic E-state index is 0.00496. The highest BCUT2D eigenvalue weighted by molar-refractivity contribution is 5.83. The summed E-state index contributed by atoms with van der Waals surface area (Å²) in [6.45, 7) is 2.49. The lowest BCUT2D eigenvalue weighted by Gasteiger charge is -2.15. The molecule has 0 aromatic heterocycles. The molecule has 1 aliphatic heterocycles. The molecular weight excluding hydrogens is 354 g/mol. The molecule has 0 aliphatic carbocycles. The number of rotatable bonds is 2. The number of fused-ring (bicyclic) bond motifs is 1. The molecule has 140 valence electrons. The molecule has 1 N–H and O–H groups in total. The molecule has 4 rings (SSSR count). The molecule has 3 aromatic carbocycles. The van der Waals surface area contributed by atoms with Crippen molar-refractivity contribution in [2.45, 2.75) is 31.5 Å². The van der Waals surface area contributed by atoms with Gasteiger partial charge in [0.25, 0.3) is 0 Å². The van der Waals surface area contributed by atoms with E-state index in [1.54, 1.807) is 0 Å². The van der Waals surface area contributed by atoms with Gasteiger partial charge in [0.2, 0.25) is 0 Å². The zero-order valence-corrected chi connectivity index (χ0v) is 14.8. The van der Waals surface area contributed by atoms with Crippen LogP contribution in [-0.4, -0.2) is 6.54 Å². The number of benzene rings is 3. The number of hydrogen-bond acceptors (Lipinski definition) is 1. The number of halogens is 4. The summed E-state index contributed by atoms with van der Waals surface area (Å²) < 4.78 is 53.1. The Bertz CT molecular complexity index is 993. The van der Waals surface area contributed by atoms with Crippen molar-refractivity contribution in [1.29, 1.82) is 0 Å². The average Bonchev–Trinajstić information content (AvgIpc) is 3.10. The smallest absolute Gasteiger partial charge is 0.309 e. The molecule has 1 fully saturated rings. The molecule has 1 aliphatic rings. The van der Waals surface area contributed by atoms with Crippen LogP contribution in [-0.2, 0) is 6.18 Å². The van der Waals surface area contributed by atoms with Gasteiger partial charge in [-0.15, -0.1) is 0 Å². The molecule has 1 nitrogen and oxygen atoms in total. The van der Waals surface area contributed by atoms with E-state index in [0.29, 0.717) is 13.0 Å². The lowest BCUT2D eigenvalue weighted by Crippen LogP contribution is -2.14. The van der Waals surface area contributed by atoms with Gasteiger partial charge in [-0.05, 0) is 59.5 Å². The summed E-state index contributed by atoms with van der Waals surface area (Å²) in [6, 6.07) is 15.1. The summed E-state index contributed by atoms with van der Waals surface area (Å²) in [5.74, 6) is -0.865. The van der Waals surface area contributed by atoms with E-state index >= 15 is 0 Å². The minimum Gasteiger partial charge on any atom is -0.309 e. The van der Waals surface area contributed by atoms with Gasteiger partial charge >= 0.3 is 6.18 Å². The lowest BCUT2D eigenvalue weighted by atomic mass is 9.91. The van der Waals surface area contributed by atoms with Crippen LogP contribution in [0.25, 0.3) is 10.8 Å². The van der Waals surface area contributed by atoms with E-state index in [1.165, 1.54) is 5.56 Å². The van der Waals surface area contributed by atoms with Crippen molar-refractivity contribution >= 4 is 10.8 Å². The van der Waals surface area contributed by atoms with Crippen molar-refractivity contribution in [1.82, 2.24) is 5.32 Å². The lowest BCUT2D eigenvalue weighted by molar-refractivity contribution is -0.137. The molecule has 5 heteroatoms. The van der Waals surface area contributed by atoms with Gasteiger partial charge in [-0.2, -0.15) is 13.2 Å². The van der Waals surface area contributed by atoms with E-state index in [2.05, 4.69) is 35.6 Å². The Hall–Kier alpha value is -2.40. The molecule has 0 radical (unpaired) electrons. The van der Waals surface area contributed by atoms with Gasteiger partial charge in [0.15, 0.2) is 0 Å². The third-order valence-electron chi connectivity index (χ3n) is 5.32. The summed E-state index contributed by atoms with van der Waals surface area (Å²) in [5.41, 5.74) is 1.59. The fraction of sp³-hybridized carbons (Fsp3) is 0.273. The third-order valence-corrected chi connectivity index (χ3v) is 5.32. The molecule has 1 saturated heterocycles. The molecule has 2 atom stereocenters. The van der Waals surface area contributed by atoms with Gasteiger partial charge in [0, 0.05) is 18.5 Å². The standard InChI is InChI=1S/C22H19F4N/c1-13-2-3-15-9-16(5-4-14(15)8-13)21-10-17(12-27-21)19-11-18(22(24,25)26)6-7-20(19)23/h2-9,11,17,21,27H,10,12H2,1H3/t17-,21-/m1/s1. The fourth-order valence-electron chi connectivity index (χ4n) is 3.86. The van der Waals surface area contributed by atoms with Crippen molar-refractivity contribution < 1.29 is 17.6 Å². The second-order valence-electron chi connectivity index (χ2n) is 7.24.